The minimum absolute atomic E-state index is 0.0133. The van der Waals surface area contributed by atoms with Gasteiger partial charge in [0.25, 0.3) is 5.91 Å². The van der Waals surface area contributed by atoms with Gasteiger partial charge in [-0.2, -0.15) is 0 Å². The summed E-state index contributed by atoms with van der Waals surface area (Å²) in [4.78, 5) is 34.6. The highest BCUT2D eigenvalue weighted by Crippen LogP contribution is 2.38. The molecule has 2 aliphatic rings. The minimum Gasteiger partial charge on any atom is -0.481 e. The average Bonchev–Trinajstić information content (AvgIpc) is 3.23. The van der Waals surface area contributed by atoms with E-state index in [0.29, 0.717) is 0 Å². The summed E-state index contributed by atoms with van der Waals surface area (Å²) >= 11 is 1.53. The van der Waals surface area contributed by atoms with Crippen LogP contribution in [0.5, 0.6) is 5.75 Å². The average molecular weight is 335 g/mol. The fourth-order valence-electron chi connectivity index (χ4n) is 2.02. The molecule has 0 saturated carbocycles. The van der Waals surface area contributed by atoms with Gasteiger partial charge in [0.1, 0.15) is 22.3 Å². The Hall–Kier alpha value is -2.68. The van der Waals surface area contributed by atoms with Crippen molar-refractivity contribution in [1.82, 2.24) is 16.0 Å². The lowest BCUT2D eigenvalue weighted by molar-refractivity contribution is -0.139. The molecule has 2 atom stereocenters. The van der Waals surface area contributed by atoms with Gasteiger partial charge in [-0.05, 0) is 12.1 Å². The molecule has 0 aliphatic carbocycles. The second-order valence-electron chi connectivity index (χ2n) is 4.82. The third-order valence-corrected chi connectivity index (χ3v) is 4.13. The van der Waals surface area contributed by atoms with Crippen molar-refractivity contribution < 1.29 is 24.2 Å². The van der Waals surface area contributed by atoms with Gasteiger partial charge in [0.05, 0.1) is 5.56 Å². The van der Waals surface area contributed by atoms with Crippen molar-refractivity contribution in [2.24, 2.45) is 0 Å². The number of fused-ring (bicyclic) bond motifs is 1. The van der Waals surface area contributed by atoms with Crippen LogP contribution in [0.1, 0.15) is 10.4 Å². The van der Waals surface area contributed by atoms with Crippen molar-refractivity contribution in [3.63, 3.8) is 0 Å². The number of ether oxygens (including phenoxy) is 1. The smallest absolute Gasteiger partial charge is 0.341 e. The van der Waals surface area contributed by atoms with Crippen LogP contribution >= 0.6 is 11.8 Å². The summed E-state index contributed by atoms with van der Waals surface area (Å²) < 4.78 is 5.10. The van der Waals surface area contributed by atoms with Crippen LogP contribution in [0.4, 0.5) is 0 Å². The monoisotopic (exact) mass is 335 g/mol. The summed E-state index contributed by atoms with van der Waals surface area (Å²) in [5.41, 5.74) is 0.182. The molecule has 23 heavy (non-hydrogen) atoms. The molecule has 1 aromatic carbocycles. The lowest BCUT2D eigenvalue weighted by atomic mass is 10.2. The van der Waals surface area contributed by atoms with E-state index in [9.17, 15) is 14.4 Å². The summed E-state index contributed by atoms with van der Waals surface area (Å²) in [5, 5.41) is 17.1. The Kier molecular flexibility index (Phi) is 4.11. The van der Waals surface area contributed by atoms with Gasteiger partial charge in [0.2, 0.25) is 5.91 Å². The first-order valence-corrected chi connectivity index (χ1v) is 7.66. The number of nitrogens with one attached hydrogen (secondary N) is 3. The summed E-state index contributed by atoms with van der Waals surface area (Å²) in [6, 6.07) is 6.29. The molecule has 3 rings (SSSR count). The molecule has 1 aromatic rings. The van der Waals surface area contributed by atoms with Gasteiger partial charge in [-0.3, -0.25) is 9.59 Å². The van der Waals surface area contributed by atoms with E-state index >= 15 is 0 Å². The number of amides is 2. The van der Waals surface area contributed by atoms with Crippen molar-refractivity contribution in [3.8, 4) is 5.75 Å². The molecule has 120 valence electrons. The largest absolute Gasteiger partial charge is 0.481 e. The lowest BCUT2D eigenvalue weighted by Crippen LogP contribution is -2.33. The van der Waals surface area contributed by atoms with Crippen LogP contribution in [-0.2, 0) is 9.59 Å². The molecule has 2 amide bonds. The standard InChI is InChI=1S/C14H13N3O5S/c18-10-5-9(16-13-14(17-10)23-13)15-12(21)7-3-1-2-4-8(7)22-6-11(19)20/h1-5,13-14,16H,6H2,(H,15,21)(H,17,18)(H,19,20). The van der Waals surface area contributed by atoms with E-state index in [1.165, 1.54) is 30.0 Å². The van der Waals surface area contributed by atoms with Gasteiger partial charge in [-0.1, -0.05) is 12.1 Å². The summed E-state index contributed by atoms with van der Waals surface area (Å²) in [6.45, 7) is -0.548. The first-order chi connectivity index (χ1) is 11.0. The fraction of sp³-hybridized carbons (Fsp3) is 0.214. The number of carbonyl (C=O) groups is 3. The van der Waals surface area contributed by atoms with Gasteiger partial charge >= 0.3 is 5.97 Å². The first kappa shape index (κ1) is 15.2. The van der Waals surface area contributed by atoms with Crippen LogP contribution < -0.4 is 20.7 Å². The topological polar surface area (TPSA) is 117 Å². The number of aliphatic carboxylic acids is 1. The highest BCUT2D eigenvalue weighted by Gasteiger charge is 2.42. The molecular weight excluding hydrogens is 322 g/mol. The van der Waals surface area contributed by atoms with Crippen molar-refractivity contribution in [2.75, 3.05) is 6.61 Å². The van der Waals surface area contributed by atoms with Crippen molar-refractivity contribution in [3.05, 3.63) is 41.7 Å². The predicted molar refractivity (Wildman–Crippen MR) is 81.6 cm³/mol. The molecule has 4 N–H and O–H groups in total. The third kappa shape index (κ3) is 3.75. The lowest BCUT2D eigenvalue weighted by Gasteiger charge is -2.12. The summed E-state index contributed by atoms with van der Waals surface area (Å²) in [5.74, 6) is -1.48. The van der Waals surface area contributed by atoms with Crippen LogP contribution in [0.3, 0.4) is 0 Å². The Balaban J connectivity index is 1.72. The third-order valence-electron chi connectivity index (χ3n) is 3.08. The second-order valence-corrected chi connectivity index (χ2v) is 6.11. The Morgan fingerprint density at radius 3 is 2.78 bits per heavy atom. The number of carboxylic acid groups (broad SMARTS) is 1. The number of carbonyl (C=O) groups excluding carboxylic acids is 2. The van der Waals surface area contributed by atoms with E-state index in [1.54, 1.807) is 12.1 Å². The Morgan fingerprint density at radius 1 is 1.26 bits per heavy atom. The van der Waals surface area contributed by atoms with E-state index in [0.717, 1.165) is 0 Å². The van der Waals surface area contributed by atoms with Crippen LogP contribution in [-0.4, -0.2) is 40.2 Å². The van der Waals surface area contributed by atoms with Gasteiger partial charge in [0, 0.05) is 6.08 Å². The molecule has 2 aliphatic heterocycles. The van der Waals surface area contributed by atoms with Gasteiger partial charge < -0.3 is 25.8 Å². The number of benzene rings is 1. The van der Waals surface area contributed by atoms with Crippen LogP contribution in [0.25, 0.3) is 0 Å². The highest BCUT2D eigenvalue weighted by atomic mass is 32.2. The quantitative estimate of drug-likeness (QED) is 0.552. The molecule has 0 spiro atoms. The second kappa shape index (κ2) is 6.21. The van der Waals surface area contributed by atoms with Crippen molar-refractivity contribution >= 4 is 29.5 Å². The zero-order valence-corrected chi connectivity index (χ0v) is 12.6. The first-order valence-electron chi connectivity index (χ1n) is 6.72. The maximum Gasteiger partial charge on any atom is 0.341 e. The molecule has 1 saturated heterocycles. The Labute approximate surface area is 135 Å². The predicted octanol–water partition coefficient (Wildman–Crippen LogP) is -0.160. The number of hydrogen-bond acceptors (Lipinski definition) is 6. The zero-order chi connectivity index (χ0) is 16.4. The maximum absolute atomic E-state index is 12.4. The minimum atomic E-state index is -1.14. The fourth-order valence-corrected chi connectivity index (χ4v) is 2.76. The van der Waals surface area contributed by atoms with E-state index in [2.05, 4.69) is 16.0 Å². The number of carboxylic acids is 1. The molecule has 2 unspecified atom stereocenters. The van der Waals surface area contributed by atoms with Crippen molar-refractivity contribution in [2.45, 2.75) is 10.7 Å². The van der Waals surface area contributed by atoms with Crippen LogP contribution in [0, 0.1) is 0 Å². The van der Waals surface area contributed by atoms with E-state index in [4.69, 9.17) is 9.84 Å². The molecule has 9 heteroatoms. The van der Waals surface area contributed by atoms with E-state index in [1.807, 2.05) is 0 Å². The Morgan fingerprint density at radius 2 is 2.00 bits per heavy atom. The van der Waals surface area contributed by atoms with E-state index in [-0.39, 0.29) is 33.8 Å². The van der Waals surface area contributed by atoms with Crippen LogP contribution in [0.2, 0.25) is 0 Å². The normalized spacial score (nSPS) is 21.7. The van der Waals surface area contributed by atoms with Gasteiger partial charge in [0.15, 0.2) is 6.61 Å². The summed E-state index contributed by atoms with van der Waals surface area (Å²) in [7, 11) is 0. The highest BCUT2D eigenvalue weighted by molar-refractivity contribution is 8.07. The van der Waals surface area contributed by atoms with E-state index < -0.39 is 18.5 Å². The molecule has 0 bridgehead atoms. The number of hydrogen-bond donors (Lipinski definition) is 4. The molecule has 1 fully saturated rings. The van der Waals surface area contributed by atoms with Gasteiger partial charge in [-0.25, -0.2) is 4.79 Å². The van der Waals surface area contributed by atoms with Crippen LogP contribution in [0.15, 0.2) is 36.2 Å². The Bertz CT molecular complexity index is 705. The van der Waals surface area contributed by atoms with Gasteiger partial charge in [-0.15, -0.1) is 11.8 Å². The molecule has 0 aromatic heterocycles. The molecular formula is C14H13N3O5S. The van der Waals surface area contributed by atoms with Crippen molar-refractivity contribution in [1.29, 1.82) is 0 Å². The number of thioether (sulfide) groups is 1. The summed E-state index contributed by atoms with van der Waals surface area (Å²) in [6.07, 6.45) is 1.27. The SMILES string of the molecule is O=C(O)COc1ccccc1C(=O)NC1=CC(=O)NC2SC2N1. The molecule has 2 heterocycles. The maximum atomic E-state index is 12.4. The number of rotatable bonds is 5. The molecule has 8 nitrogen and oxygen atoms in total. The zero-order valence-electron chi connectivity index (χ0n) is 11.7. The molecule has 0 radical (unpaired) electrons. The number of para-hydroxylation sites is 1.